The SMILES string of the molecule is CCOC(=O)C(=O)NCCS(=O)(=O)N1CCOCC1. The summed E-state index contributed by atoms with van der Waals surface area (Å²) in [5, 5.41) is 2.21. The van der Waals surface area contributed by atoms with Crippen LogP contribution >= 0.6 is 0 Å². The highest BCUT2D eigenvalue weighted by Crippen LogP contribution is 2.04. The molecule has 0 unspecified atom stereocenters. The van der Waals surface area contributed by atoms with Gasteiger partial charge in [0.1, 0.15) is 0 Å². The molecule has 0 radical (unpaired) electrons. The minimum Gasteiger partial charge on any atom is -0.459 e. The molecule has 0 bridgehead atoms. The van der Waals surface area contributed by atoms with Crippen molar-refractivity contribution in [1.29, 1.82) is 0 Å². The van der Waals surface area contributed by atoms with Crippen molar-refractivity contribution in [2.75, 3.05) is 45.2 Å². The molecule has 19 heavy (non-hydrogen) atoms. The van der Waals surface area contributed by atoms with Gasteiger partial charge in [0.05, 0.1) is 25.6 Å². The number of carbonyl (C=O) groups is 2. The number of nitrogens with zero attached hydrogens (tertiary/aromatic N) is 1. The van der Waals surface area contributed by atoms with E-state index in [1.807, 2.05) is 0 Å². The first-order chi connectivity index (χ1) is 8.97. The van der Waals surface area contributed by atoms with Crippen molar-refractivity contribution < 1.29 is 27.5 Å². The average Bonchev–Trinajstić information content (AvgIpc) is 2.39. The highest BCUT2D eigenvalue weighted by atomic mass is 32.2. The maximum Gasteiger partial charge on any atom is 0.396 e. The number of rotatable bonds is 5. The summed E-state index contributed by atoms with van der Waals surface area (Å²) >= 11 is 0. The zero-order valence-corrected chi connectivity index (χ0v) is 11.6. The summed E-state index contributed by atoms with van der Waals surface area (Å²) in [6.07, 6.45) is 0. The number of amides is 1. The van der Waals surface area contributed by atoms with Crippen LogP contribution in [-0.4, -0.2) is 69.8 Å². The molecule has 1 aliphatic rings. The Morgan fingerprint density at radius 1 is 1.32 bits per heavy atom. The highest BCUT2D eigenvalue weighted by molar-refractivity contribution is 7.89. The maximum atomic E-state index is 11.9. The molecule has 1 rings (SSSR count). The second kappa shape index (κ2) is 7.41. The van der Waals surface area contributed by atoms with Gasteiger partial charge in [-0.05, 0) is 6.92 Å². The fraction of sp³-hybridized carbons (Fsp3) is 0.800. The van der Waals surface area contributed by atoms with Gasteiger partial charge in [0.2, 0.25) is 10.0 Å². The molecule has 1 amide bonds. The van der Waals surface area contributed by atoms with Crippen LogP contribution in [0.3, 0.4) is 0 Å². The number of ether oxygens (including phenoxy) is 2. The summed E-state index contributed by atoms with van der Waals surface area (Å²) in [7, 11) is -3.43. The predicted molar refractivity (Wildman–Crippen MR) is 65.8 cm³/mol. The monoisotopic (exact) mass is 294 g/mol. The van der Waals surface area contributed by atoms with E-state index >= 15 is 0 Å². The van der Waals surface area contributed by atoms with Gasteiger partial charge in [0.15, 0.2) is 0 Å². The van der Waals surface area contributed by atoms with Crippen LogP contribution in [0, 0.1) is 0 Å². The van der Waals surface area contributed by atoms with Crippen molar-refractivity contribution in [3.8, 4) is 0 Å². The number of hydrogen-bond acceptors (Lipinski definition) is 6. The molecule has 110 valence electrons. The second-order valence-corrected chi connectivity index (χ2v) is 5.89. The Hall–Kier alpha value is -1.19. The molecule has 1 aliphatic heterocycles. The zero-order valence-electron chi connectivity index (χ0n) is 10.8. The molecule has 0 saturated carbocycles. The molecule has 0 spiro atoms. The molecular formula is C10H18N2O6S. The van der Waals surface area contributed by atoms with Crippen LogP contribution in [0.1, 0.15) is 6.92 Å². The highest BCUT2D eigenvalue weighted by Gasteiger charge is 2.24. The number of hydrogen-bond donors (Lipinski definition) is 1. The van der Waals surface area contributed by atoms with E-state index in [-0.39, 0.29) is 18.9 Å². The minimum absolute atomic E-state index is 0.0956. The number of morpholine rings is 1. The van der Waals surface area contributed by atoms with Gasteiger partial charge in [-0.2, -0.15) is 4.31 Å². The van der Waals surface area contributed by atoms with Crippen molar-refractivity contribution >= 4 is 21.9 Å². The predicted octanol–water partition coefficient (Wildman–Crippen LogP) is -1.67. The van der Waals surface area contributed by atoms with E-state index in [1.54, 1.807) is 6.92 Å². The fourth-order valence-electron chi connectivity index (χ4n) is 1.52. The zero-order chi connectivity index (χ0) is 14.3. The fourth-order valence-corrected chi connectivity index (χ4v) is 2.84. The molecule has 0 aromatic rings. The van der Waals surface area contributed by atoms with Gasteiger partial charge in [-0.25, -0.2) is 13.2 Å². The van der Waals surface area contributed by atoms with Crippen LogP contribution in [0.4, 0.5) is 0 Å². The van der Waals surface area contributed by atoms with Crippen molar-refractivity contribution in [2.24, 2.45) is 0 Å². The van der Waals surface area contributed by atoms with Gasteiger partial charge < -0.3 is 14.8 Å². The molecule has 1 fully saturated rings. The van der Waals surface area contributed by atoms with Crippen LogP contribution < -0.4 is 5.32 Å². The third-order valence-corrected chi connectivity index (χ3v) is 4.34. The first-order valence-corrected chi connectivity index (χ1v) is 7.59. The van der Waals surface area contributed by atoms with E-state index in [0.29, 0.717) is 26.3 Å². The summed E-state index contributed by atoms with van der Waals surface area (Å²) in [4.78, 5) is 22.2. The van der Waals surface area contributed by atoms with Gasteiger partial charge in [0.25, 0.3) is 0 Å². The van der Waals surface area contributed by atoms with Gasteiger partial charge in [-0.1, -0.05) is 0 Å². The van der Waals surface area contributed by atoms with E-state index < -0.39 is 21.9 Å². The first-order valence-electron chi connectivity index (χ1n) is 5.98. The summed E-state index contributed by atoms with van der Waals surface area (Å²) in [5.74, 6) is -2.19. The second-order valence-electron chi connectivity index (χ2n) is 3.80. The van der Waals surface area contributed by atoms with Gasteiger partial charge in [-0.15, -0.1) is 0 Å². The lowest BCUT2D eigenvalue weighted by atomic mass is 10.5. The van der Waals surface area contributed by atoms with Crippen LogP contribution in [0.5, 0.6) is 0 Å². The lowest BCUT2D eigenvalue weighted by Gasteiger charge is -2.25. The Labute approximate surface area is 112 Å². The Kier molecular flexibility index (Phi) is 6.19. The number of nitrogens with one attached hydrogen (secondary N) is 1. The van der Waals surface area contributed by atoms with Crippen LogP contribution in [0.25, 0.3) is 0 Å². The van der Waals surface area contributed by atoms with Crippen molar-refractivity contribution in [3.63, 3.8) is 0 Å². The van der Waals surface area contributed by atoms with E-state index in [2.05, 4.69) is 10.1 Å². The van der Waals surface area contributed by atoms with Crippen molar-refractivity contribution in [1.82, 2.24) is 9.62 Å². The topological polar surface area (TPSA) is 102 Å². The van der Waals surface area contributed by atoms with Crippen LogP contribution in [-0.2, 0) is 29.1 Å². The summed E-state index contributed by atoms with van der Waals surface area (Å²) in [6, 6.07) is 0. The third kappa shape index (κ3) is 5.13. The molecule has 0 aromatic carbocycles. The molecule has 8 nitrogen and oxygen atoms in total. The van der Waals surface area contributed by atoms with Crippen molar-refractivity contribution in [2.45, 2.75) is 6.92 Å². The van der Waals surface area contributed by atoms with Gasteiger partial charge in [-0.3, -0.25) is 4.79 Å². The normalized spacial score (nSPS) is 16.9. The molecule has 0 aliphatic carbocycles. The quantitative estimate of drug-likeness (QED) is 0.480. The molecule has 0 atom stereocenters. The summed E-state index contributed by atoms with van der Waals surface area (Å²) in [5.41, 5.74) is 0. The number of sulfonamides is 1. The van der Waals surface area contributed by atoms with E-state index in [0.717, 1.165) is 0 Å². The van der Waals surface area contributed by atoms with E-state index in [9.17, 15) is 18.0 Å². The molecule has 1 heterocycles. The Balaban J connectivity index is 2.35. The smallest absolute Gasteiger partial charge is 0.396 e. The summed E-state index contributed by atoms with van der Waals surface area (Å²) < 4.78 is 34.6. The standard InChI is InChI=1S/C10H18N2O6S/c1-2-18-10(14)9(13)11-3-8-19(15,16)12-4-6-17-7-5-12/h2-8H2,1H3,(H,11,13). The first kappa shape index (κ1) is 15.9. The van der Waals surface area contributed by atoms with Gasteiger partial charge >= 0.3 is 11.9 Å². The molecular weight excluding hydrogens is 276 g/mol. The minimum atomic E-state index is -3.43. The maximum absolute atomic E-state index is 11.9. The van der Waals surface area contributed by atoms with Crippen LogP contribution in [0.2, 0.25) is 0 Å². The lowest BCUT2D eigenvalue weighted by Crippen LogP contribution is -2.44. The summed E-state index contributed by atoms with van der Waals surface area (Å²) in [6.45, 7) is 2.91. The van der Waals surface area contributed by atoms with Crippen LogP contribution in [0.15, 0.2) is 0 Å². The number of carbonyl (C=O) groups excluding carboxylic acids is 2. The third-order valence-electron chi connectivity index (χ3n) is 2.47. The Bertz CT molecular complexity index is 416. The number of esters is 1. The van der Waals surface area contributed by atoms with Crippen molar-refractivity contribution in [3.05, 3.63) is 0 Å². The largest absolute Gasteiger partial charge is 0.459 e. The molecule has 0 aromatic heterocycles. The van der Waals surface area contributed by atoms with E-state index in [1.165, 1.54) is 4.31 Å². The lowest BCUT2D eigenvalue weighted by molar-refractivity contribution is -0.154. The average molecular weight is 294 g/mol. The molecule has 1 saturated heterocycles. The Morgan fingerprint density at radius 2 is 1.95 bits per heavy atom. The van der Waals surface area contributed by atoms with Gasteiger partial charge in [0, 0.05) is 19.6 Å². The Morgan fingerprint density at radius 3 is 2.53 bits per heavy atom. The molecule has 9 heteroatoms. The van der Waals surface area contributed by atoms with E-state index in [4.69, 9.17) is 4.74 Å². The molecule has 1 N–H and O–H groups in total.